The number of nitrogens with zero attached hydrogens (tertiary/aromatic N) is 1. The number of carbonyl (C=O) groups excluding carboxylic acids is 1. The number of aromatic amines is 1. The molecular formula is C12H17N3O3. The summed E-state index contributed by atoms with van der Waals surface area (Å²) in [6.07, 6.45) is 7.11. The third-order valence-corrected chi connectivity index (χ3v) is 3.51. The van der Waals surface area contributed by atoms with E-state index in [0.717, 1.165) is 25.7 Å². The van der Waals surface area contributed by atoms with Gasteiger partial charge in [0.15, 0.2) is 0 Å². The normalized spacial score (nSPS) is 17.6. The zero-order valence-electron chi connectivity index (χ0n) is 10.1. The molecule has 0 aliphatic heterocycles. The van der Waals surface area contributed by atoms with Crippen LogP contribution >= 0.6 is 0 Å². The molecule has 0 radical (unpaired) electrons. The summed E-state index contributed by atoms with van der Waals surface area (Å²) >= 11 is 0. The first-order valence-corrected chi connectivity index (χ1v) is 6.10. The maximum Gasteiger partial charge on any atom is 0.303 e. The number of aliphatic carboxylic acids is 1. The number of carboxylic acids is 1. The zero-order valence-corrected chi connectivity index (χ0v) is 10.1. The Kier molecular flexibility index (Phi) is 3.64. The van der Waals surface area contributed by atoms with E-state index in [0.29, 0.717) is 5.69 Å². The van der Waals surface area contributed by atoms with Crippen LogP contribution in [0.5, 0.6) is 0 Å². The third kappa shape index (κ3) is 3.09. The summed E-state index contributed by atoms with van der Waals surface area (Å²) in [5.74, 6) is -0.965. The van der Waals surface area contributed by atoms with Gasteiger partial charge in [-0.1, -0.05) is 12.8 Å². The first-order valence-electron chi connectivity index (χ1n) is 6.10. The number of aromatic nitrogens is 2. The minimum atomic E-state index is -0.826. The summed E-state index contributed by atoms with van der Waals surface area (Å²) < 4.78 is 0. The molecular weight excluding hydrogens is 234 g/mol. The van der Waals surface area contributed by atoms with Crippen LogP contribution < -0.4 is 5.32 Å². The van der Waals surface area contributed by atoms with E-state index in [1.54, 1.807) is 6.20 Å². The molecule has 1 saturated carbocycles. The van der Waals surface area contributed by atoms with Gasteiger partial charge in [0, 0.05) is 12.6 Å². The number of nitrogens with one attached hydrogen (secondary N) is 2. The minimum absolute atomic E-state index is 0.0752. The molecule has 1 heterocycles. The third-order valence-electron chi connectivity index (χ3n) is 3.51. The van der Waals surface area contributed by atoms with Gasteiger partial charge in [0.2, 0.25) is 5.91 Å². The lowest BCUT2D eigenvalue weighted by Crippen LogP contribution is -2.27. The van der Waals surface area contributed by atoms with Crippen molar-refractivity contribution in [2.75, 3.05) is 5.32 Å². The van der Waals surface area contributed by atoms with Gasteiger partial charge in [-0.15, -0.1) is 0 Å². The molecule has 1 aromatic heterocycles. The van der Waals surface area contributed by atoms with Gasteiger partial charge in [-0.05, 0) is 18.3 Å². The van der Waals surface area contributed by atoms with Crippen molar-refractivity contribution < 1.29 is 14.7 Å². The van der Waals surface area contributed by atoms with Crippen molar-refractivity contribution in [3.63, 3.8) is 0 Å². The topological polar surface area (TPSA) is 95.1 Å². The molecule has 3 N–H and O–H groups in total. The van der Waals surface area contributed by atoms with Crippen molar-refractivity contribution in [2.45, 2.75) is 38.5 Å². The smallest absolute Gasteiger partial charge is 0.303 e. The van der Waals surface area contributed by atoms with Crippen LogP contribution in [-0.2, 0) is 9.59 Å². The monoisotopic (exact) mass is 251 g/mol. The molecule has 0 spiro atoms. The molecule has 1 fully saturated rings. The number of H-pyrrole nitrogens is 1. The molecule has 0 unspecified atom stereocenters. The molecule has 6 heteroatoms. The predicted molar refractivity (Wildman–Crippen MR) is 65.0 cm³/mol. The fourth-order valence-electron chi connectivity index (χ4n) is 2.73. The molecule has 1 aliphatic rings. The van der Waals surface area contributed by atoms with Gasteiger partial charge in [-0.3, -0.25) is 14.7 Å². The molecule has 0 saturated heterocycles. The van der Waals surface area contributed by atoms with E-state index < -0.39 is 5.97 Å². The van der Waals surface area contributed by atoms with Gasteiger partial charge < -0.3 is 10.4 Å². The Morgan fingerprint density at radius 2 is 2.11 bits per heavy atom. The van der Waals surface area contributed by atoms with Gasteiger partial charge in [0.25, 0.3) is 0 Å². The summed E-state index contributed by atoms with van der Waals surface area (Å²) in [6.45, 7) is 0. The second-order valence-corrected chi connectivity index (χ2v) is 4.99. The number of carboxylic acid groups (broad SMARTS) is 1. The van der Waals surface area contributed by atoms with Crippen LogP contribution in [0, 0.1) is 5.41 Å². The Balaban J connectivity index is 1.96. The van der Waals surface area contributed by atoms with Crippen molar-refractivity contribution in [1.82, 2.24) is 10.2 Å². The standard InChI is InChI=1S/C12H17N3O3/c16-10(15-9-7-13-14-8-9)5-12(6-11(17)18)3-1-2-4-12/h7-8H,1-6H2,(H,13,14)(H,15,16)(H,17,18). The Morgan fingerprint density at radius 1 is 1.39 bits per heavy atom. The summed E-state index contributed by atoms with van der Waals surface area (Å²) in [7, 11) is 0. The van der Waals surface area contributed by atoms with E-state index in [9.17, 15) is 9.59 Å². The van der Waals surface area contributed by atoms with Gasteiger partial charge in [0.1, 0.15) is 0 Å². The first kappa shape index (κ1) is 12.6. The highest BCUT2D eigenvalue weighted by Gasteiger charge is 2.37. The van der Waals surface area contributed by atoms with Crippen LogP contribution in [0.4, 0.5) is 5.69 Å². The van der Waals surface area contributed by atoms with Crippen LogP contribution in [0.2, 0.25) is 0 Å². The summed E-state index contributed by atoms with van der Waals surface area (Å²) in [5, 5.41) is 18.0. The average molecular weight is 251 g/mol. The summed E-state index contributed by atoms with van der Waals surface area (Å²) in [5.41, 5.74) is 0.253. The highest BCUT2D eigenvalue weighted by atomic mass is 16.4. The maximum absolute atomic E-state index is 11.9. The predicted octanol–water partition coefficient (Wildman–Crippen LogP) is 1.77. The molecule has 1 aromatic rings. The van der Waals surface area contributed by atoms with Crippen LogP contribution in [0.1, 0.15) is 38.5 Å². The van der Waals surface area contributed by atoms with Crippen LogP contribution in [0.3, 0.4) is 0 Å². The lowest BCUT2D eigenvalue weighted by atomic mass is 9.79. The Bertz CT molecular complexity index is 422. The molecule has 2 rings (SSSR count). The van der Waals surface area contributed by atoms with Crippen molar-refractivity contribution >= 4 is 17.6 Å². The largest absolute Gasteiger partial charge is 0.481 e. The second-order valence-electron chi connectivity index (χ2n) is 4.99. The van der Waals surface area contributed by atoms with Crippen molar-refractivity contribution in [3.8, 4) is 0 Å². The number of hydrogen-bond acceptors (Lipinski definition) is 3. The molecule has 0 aromatic carbocycles. The van der Waals surface area contributed by atoms with Crippen molar-refractivity contribution in [2.24, 2.45) is 5.41 Å². The lowest BCUT2D eigenvalue weighted by molar-refractivity contribution is -0.140. The molecule has 6 nitrogen and oxygen atoms in total. The SMILES string of the molecule is O=C(O)CC1(CC(=O)Nc2cn[nH]c2)CCCC1. The van der Waals surface area contributed by atoms with Crippen molar-refractivity contribution in [3.05, 3.63) is 12.4 Å². The van der Waals surface area contributed by atoms with Crippen LogP contribution in [0.25, 0.3) is 0 Å². The van der Waals surface area contributed by atoms with Gasteiger partial charge in [-0.25, -0.2) is 0 Å². The molecule has 98 valence electrons. The second kappa shape index (κ2) is 5.20. The average Bonchev–Trinajstić information content (AvgIpc) is 2.89. The number of amides is 1. The van der Waals surface area contributed by atoms with E-state index in [1.165, 1.54) is 6.20 Å². The van der Waals surface area contributed by atoms with Crippen molar-refractivity contribution in [1.29, 1.82) is 0 Å². The van der Waals surface area contributed by atoms with Gasteiger partial charge >= 0.3 is 5.97 Å². The highest BCUT2D eigenvalue weighted by Crippen LogP contribution is 2.44. The Morgan fingerprint density at radius 3 is 2.67 bits per heavy atom. The van der Waals surface area contributed by atoms with Gasteiger partial charge in [0.05, 0.1) is 18.3 Å². The van der Waals surface area contributed by atoms with E-state index in [1.807, 2.05) is 0 Å². The fourth-order valence-corrected chi connectivity index (χ4v) is 2.73. The van der Waals surface area contributed by atoms with Crippen LogP contribution in [0.15, 0.2) is 12.4 Å². The Hall–Kier alpha value is -1.85. The number of anilines is 1. The molecule has 18 heavy (non-hydrogen) atoms. The number of hydrogen-bond donors (Lipinski definition) is 3. The van der Waals surface area contributed by atoms with E-state index in [4.69, 9.17) is 5.11 Å². The molecule has 0 atom stereocenters. The molecule has 1 aliphatic carbocycles. The van der Waals surface area contributed by atoms with E-state index >= 15 is 0 Å². The first-order chi connectivity index (χ1) is 8.60. The van der Waals surface area contributed by atoms with Gasteiger partial charge in [-0.2, -0.15) is 5.10 Å². The maximum atomic E-state index is 11.9. The quantitative estimate of drug-likeness (QED) is 0.743. The summed E-state index contributed by atoms with van der Waals surface area (Å²) in [6, 6.07) is 0. The lowest BCUT2D eigenvalue weighted by Gasteiger charge is -2.26. The number of rotatable bonds is 5. The zero-order chi connectivity index (χ0) is 13.0. The minimum Gasteiger partial charge on any atom is -0.481 e. The van der Waals surface area contributed by atoms with E-state index in [2.05, 4.69) is 15.5 Å². The van der Waals surface area contributed by atoms with Crippen LogP contribution in [-0.4, -0.2) is 27.2 Å². The summed E-state index contributed by atoms with van der Waals surface area (Å²) in [4.78, 5) is 22.8. The number of carbonyl (C=O) groups is 2. The Labute approximate surface area is 105 Å². The molecule has 0 bridgehead atoms. The highest BCUT2D eigenvalue weighted by molar-refractivity contribution is 5.91. The fraction of sp³-hybridized carbons (Fsp3) is 0.583. The van der Waals surface area contributed by atoms with E-state index in [-0.39, 0.29) is 24.2 Å². The molecule has 1 amide bonds.